The van der Waals surface area contributed by atoms with Crippen molar-refractivity contribution < 1.29 is 47.8 Å². The van der Waals surface area contributed by atoms with Crippen molar-refractivity contribution in [3.05, 3.63) is 29.8 Å². The molecule has 0 saturated carbocycles. The van der Waals surface area contributed by atoms with E-state index in [-0.39, 0.29) is 47.9 Å². The average molecular weight is 889 g/mol. The van der Waals surface area contributed by atoms with Gasteiger partial charge in [0.1, 0.15) is 12.1 Å². The molecule has 63 heavy (non-hydrogen) atoms. The van der Waals surface area contributed by atoms with Gasteiger partial charge in [-0.15, -0.1) is 0 Å². The number of likely N-dealkylation sites (tertiary alicyclic amines) is 1. The van der Waals surface area contributed by atoms with E-state index in [0.29, 0.717) is 31.6 Å². The second kappa shape index (κ2) is 25.5. The Morgan fingerprint density at radius 1 is 0.873 bits per heavy atom. The molecule has 9 unspecified atom stereocenters. The molecule has 1 saturated heterocycles. The van der Waals surface area contributed by atoms with Crippen molar-refractivity contribution in [3.63, 3.8) is 0 Å². The number of nitrogens with one attached hydrogen (secondary N) is 3. The van der Waals surface area contributed by atoms with Crippen LogP contribution in [0.1, 0.15) is 86.6 Å². The first-order valence-corrected chi connectivity index (χ1v) is 22.0. The molecule has 1 aliphatic heterocycles. The van der Waals surface area contributed by atoms with Crippen molar-refractivity contribution in [2.45, 2.75) is 136 Å². The Labute approximate surface area is 374 Å². The van der Waals surface area contributed by atoms with Gasteiger partial charge in [-0.3, -0.25) is 33.7 Å². The maximum Gasteiger partial charge on any atom is 0.405 e. The maximum absolute atomic E-state index is 14.3. The summed E-state index contributed by atoms with van der Waals surface area (Å²) in [5, 5.41) is 8.20. The first-order chi connectivity index (χ1) is 29.5. The highest BCUT2D eigenvalue weighted by Gasteiger charge is 2.43. The van der Waals surface area contributed by atoms with Crippen LogP contribution in [0.5, 0.6) is 0 Å². The molecule has 0 spiro atoms. The van der Waals surface area contributed by atoms with E-state index in [0.717, 1.165) is 18.4 Å². The zero-order valence-electron chi connectivity index (χ0n) is 40.1. The molecule has 1 aromatic carbocycles. The van der Waals surface area contributed by atoms with Gasteiger partial charge in [0, 0.05) is 47.1 Å². The van der Waals surface area contributed by atoms with Crippen LogP contribution in [0.2, 0.25) is 0 Å². The molecule has 10 atom stereocenters. The van der Waals surface area contributed by atoms with Gasteiger partial charge >= 0.3 is 6.09 Å². The summed E-state index contributed by atoms with van der Waals surface area (Å²) in [4.78, 5) is 98.2. The third-order valence-corrected chi connectivity index (χ3v) is 12.3. The van der Waals surface area contributed by atoms with Crippen LogP contribution < -0.4 is 21.7 Å². The number of methoxy groups -OCH3 is 2. The minimum atomic E-state index is -1.17. The first kappa shape index (κ1) is 54.3. The topological polar surface area (TPSA) is 222 Å². The average Bonchev–Trinajstić information content (AvgIpc) is 3.72. The molecule has 0 aliphatic carbocycles. The van der Waals surface area contributed by atoms with E-state index in [1.807, 2.05) is 40.7 Å². The van der Waals surface area contributed by atoms with Crippen molar-refractivity contribution in [2.75, 3.05) is 60.8 Å². The van der Waals surface area contributed by atoms with E-state index in [9.17, 15) is 33.6 Å². The summed E-state index contributed by atoms with van der Waals surface area (Å²) in [6.45, 7) is 15.1. The van der Waals surface area contributed by atoms with Crippen molar-refractivity contribution in [1.82, 2.24) is 30.2 Å². The molecular weight excluding hydrogens is 813 g/mol. The summed E-state index contributed by atoms with van der Waals surface area (Å²) in [6.07, 6.45) is -0.913. The number of carbonyl (C=O) groups is 7. The third-order valence-electron chi connectivity index (χ3n) is 12.3. The molecule has 0 bridgehead atoms. The molecule has 0 radical (unpaired) electrons. The van der Waals surface area contributed by atoms with Crippen LogP contribution in [0.3, 0.4) is 0 Å². The SMILES string of the molecule is CCC(C)C(C(CC(=O)N1CCC[C@H]1C(OC)C(C)C(=O)N(C)CCc1cccc(NC(=O)C(C)NC(=O)C(C)OC(N)=O)c1)OC)N(C)C(=O)C(NC(=O)C(C)N(C)C)C(C)C. The fourth-order valence-electron chi connectivity index (χ4n) is 7.97. The normalized spacial score (nSPS) is 18.2. The van der Waals surface area contributed by atoms with Crippen LogP contribution in [0.25, 0.3) is 0 Å². The minimum absolute atomic E-state index is 0.00679. The summed E-state index contributed by atoms with van der Waals surface area (Å²) in [5.74, 6) is -2.79. The van der Waals surface area contributed by atoms with Gasteiger partial charge in [0.05, 0.1) is 42.7 Å². The Morgan fingerprint density at radius 2 is 1.52 bits per heavy atom. The van der Waals surface area contributed by atoms with Gasteiger partial charge in [-0.1, -0.05) is 53.2 Å². The van der Waals surface area contributed by atoms with E-state index < -0.39 is 66.3 Å². The fourth-order valence-corrected chi connectivity index (χ4v) is 7.97. The van der Waals surface area contributed by atoms with Gasteiger partial charge < -0.3 is 50.6 Å². The zero-order chi connectivity index (χ0) is 47.9. The summed E-state index contributed by atoms with van der Waals surface area (Å²) in [6, 6.07) is 4.17. The highest BCUT2D eigenvalue weighted by molar-refractivity contribution is 5.97. The molecule has 7 amide bonds. The van der Waals surface area contributed by atoms with Gasteiger partial charge in [0.25, 0.3) is 5.91 Å². The fraction of sp³-hybridized carbons (Fsp3) is 0.711. The molecule has 1 fully saturated rings. The maximum atomic E-state index is 14.3. The van der Waals surface area contributed by atoms with E-state index in [1.165, 1.54) is 13.8 Å². The van der Waals surface area contributed by atoms with Crippen molar-refractivity contribution in [1.29, 1.82) is 0 Å². The first-order valence-electron chi connectivity index (χ1n) is 22.0. The molecule has 18 nitrogen and oxygen atoms in total. The third kappa shape index (κ3) is 15.4. The van der Waals surface area contributed by atoms with E-state index in [1.54, 1.807) is 87.1 Å². The Hall–Kier alpha value is -4.81. The number of hydrogen-bond donors (Lipinski definition) is 4. The standard InChI is InChI=1S/C45H76N8O10/c1-15-27(4)38(52(12)44(59)37(26(2)3)49-41(56)30(7)50(9)10)35(61-13)25-36(54)53-22-17-20-34(53)39(62-14)28(5)43(58)51(11)23-21-32-18-16-19-33(24-32)48-40(55)29(6)47-42(57)31(8)63-45(46)60/h16,18-19,24,26-31,34-35,37-39H,15,17,20-23,25H2,1-14H3,(H2,46,60)(H,47,57)(H,48,55)(H,49,56)/t27?,28?,29?,30?,31?,34-,35?,37?,38?,39?/m0/s1. The number of hydrogen-bond acceptors (Lipinski definition) is 11. The number of nitrogens with zero attached hydrogens (tertiary/aromatic N) is 4. The summed E-state index contributed by atoms with van der Waals surface area (Å²) >= 11 is 0. The number of ether oxygens (including phenoxy) is 3. The van der Waals surface area contributed by atoms with Gasteiger partial charge in [0.15, 0.2) is 6.10 Å². The highest BCUT2D eigenvalue weighted by atomic mass is 16.6. The van der Waals surface area contributed by atoms with Crippen LogP contribution in [-0.2, 0) is 49.4 Å². The lowest BCUT2D eigenvalue weighted by molar-refractivity contribution is -0.149. The largest absolute Gasteiger partial charge is 0.437 e. The van der Waals surface area contributed by atoms with Crippen molar-refractivity contribution in [2.24, 2.45) is 23.5 Å². The second-order valence-electron chi connectivity index (χ2n) is 17.5. The lowest BCUT2D eigenvalue weighted by Gasteiger charge is -2.41. The predicted molar refractivity (Wildman–Crippen MR) is 240 cm³/mol. The van der Waals surface area contributed by atoms with Crippen LogP contribution in [0.15, 0.2) is 24.3 Å². The van der Waals surface area contributed by atoms with E-state index in [2.05, 4.69) is 20.7 Å². The van der Waals surface area contributed by atoms with Crippen LogP contribution in [0.4, 0.5) is 10.5 Å². The Bertz CT molecular complexity index is 1710. The molecule has 2 rings (SSSR count). The second-order valence-corrected chi connectivity index (χ2v) is 17.5. The number of anilines is 1. The summed E-state index contributed by atoms with van der Waals surface area (Å²) in [5.41, 5.74) is 6.32. The number of benzene rings is 1. The smallest absolute Gasteiger partial charge is 0.405 e. The summed E-state index contributed by atoms with van der Waals surface area (Å²) in [7, 11) is 10.1. The lowest BCUT2D eigenvalue weighted by atomic mass is 9.89. The molecule has 5 N–H and O–H groups in total. The molecule has 18 heteroatoms. The zero-order valence-corrected chi connectivity index (χ0v) is 40.1. The van der Waals surface area contributed by atoms with Gasteiger partial charge in [0.2, 0.25) is 29.5 Å². The van der Waals surface area contributed by atoms with E-state index >= 15 is 0 Å². The molecule has 0 aromatic heterocycles. The minimum Gasteiger partial charge on any atom is -0.437 e. The quantitative estimate of drug-likeness (QED) is 0.118. The van der Waals surface area contributed by atoms with Crippen molar-refractivity contribution in [3.8, 4) is 0 Å². The van der Waals surface area contributed by atoms with Crippen molar-refractivity contribution >= 4 is 47.2 Å². The number of amides is 7. The molecule has 356 valence electrons. The molecule has 1 aliphatic rings. The Balaban J connectivity index is 2.14. The van der Waals surface area contributed by atoms with E-state index in [4.69, 9.17) is 15.2 Å². The van der Waals surface area contributed by atoms with Crippen LogP contribution in [-0.4, -0.2) is 165 Å². The summed E-state index contributed by atoms with van der Waals surface area (Å²) < 4.78 is 16.7. The highest BCUT2D eigenvalue weighted by Crippen LogP contribution is 2.30. The van der Waals surface area contributed by atoms with Gasteiger partial charge in [-0.2, -0.15) is 0 Å². The predicted octanol–water partition coefficient (Wildman–Crippen LogP) is 2.63. The number of primary amides is 1. The monoisotopic (exact) mass is 889 g/mol. The van der Waals surface area contributed by atoms with Crippen LogP contribution in [0, 0.1) is 17.8 Å². The molecule has 1 heterocycles. The van der Waals surface area contributed by atoms with Crippen LogP contribution >= 0.6 is 0 Å². The number of likely N-dealkylation sites (N-methyl/N-ethyl adjacent to an activating group) is 3. The number of carbonyl (C=O) groups excluding carboxylic acids is 7. The Morgan fingerprint density at radius 3 is 2.08 bits per heavy atom. The lowest BCUT2D eigenvalue weighted by Crippen LogP contribution is -2.59. The number of rotatable bonds is 24. The van der Waals surface area contributed by atoms with Gasteiger partial charge in [-0.05, 0) is 83.7 Å². The Kier molecular flexibility index (Phi) is 22.0. The number of nitrogens with two attached hydrogens (primary N) is 1. The molecular formula is C45H76N8O10. The van der Waals surface area contributed by atoms with Gasteiger partial charge in [-0.25, -0.2) is 4.79 Å². The molecule has 1 aromatic rings.